The number of hydrogen-bond acceptors (Lipinski definition) is 3. The van der Waals surface area contributed by atoms with Gasteiger partial charge in [0.15, 0.2) is 0 Å². The maximum atomic E-state index is 12.2. The number of amides is 1. The molecular weight excluding hydrogens is 324 g/mol. The molecule has 0 bridgehead atoms. The van der Waals surface area contributed by atoms with Gasteiger partial charge in [-0.1, -0.05) is 62.4 Å². The first-order valence-electron chi connectivity index (χ1n) is 9.23. The molecule has 0 saturated carbocycles. The zero-order chi connectivity index (χ0) is 18.5. The van der Waals surface area contributed by atoms with E-state index in [0.717, 1.165) is 47.5 Å². The lowest BCUT2D eigenvalue weighted by Gasteiger charge is -2.21. The van der Waals surface area contributed by atoms with Gasteiger partial charge in [0.25, 0.3) is 0 Å². The normalized spacial score (nSPS) is 12.6. The van der Waals surface area contributed by atoms with E-state index in [4.69, 9.17) is 10.2 Å². The summed E-state index contributed by atoms with van der Waals surface area (Å²) >= 11 is 0. The molecule has 1 atom stereocenters. The summed E-state index contributed by atoms with van der Waals surface area (Å²) in [6.45, 7) is 7.02. The number of nitrogens with zero attached hydrogens (tertiary/aromatic N) is 1. The second-order valence-corrected chi connectivity index (χ2v) is 6.51. The number of carbonyl (C=O) groups is 1. The molecule has 4 heteroatoms. The topological polar surface area (TPSA) is 59.5 Å². The minimum Gasteiger partial charge on any atom is -0.456 e. The van der Waals surface area contributed by atoms with Crippen molar-refractivity contribution in [2.24, 2.45) is 5.73 Å². The number of fused-ring (bicyclic) bond motifs is 1. The van der Waals surface area contributed by atoms with Crippen molar-refractivity contribution in [1.82, 2.24) is 4.90 Å². The first kappa shape index (κ1) is 18.2. The summed E-state index contributed by atoms with van der Waals surface area (Å²) in [5.74, 6) is 0.149. The Balaban J connectivity index is 1.97. The maximum absolute atomic E-state index is 12.2. The molecular formula is C22H26N2O2. The molecule has 0 fully saturated rings. The van der Waals surface area contributed by atoms with Crippen LogP contribution in [-0.4, -0.2) is 30.4 Å². The number of para-hydroxylation sites is 1. The number of benzene rings is 2. The Morgan fingerprint density at radius 1 is 1.08 bits per heavy atom. The Labute approximate surface area is 154 Å². The fraction of sp³-hybridized carbons (Fsp3) is 0.318. The SMILES string of the molecule is CCN(CC)CCC(C(N)=O)c1cccc2cc(-c3ccccc3)oc12. The van der Waals surface area contributed by atoms with E-state index in [-0.39, 0.29) is 11.8 Å². The second kappa shape index (κ2) is 8.19. The van der Waals surface area contributed by atoms with E-state index in [0.29, 0.717) is 6.42 Å². The fourth-order valence-corrected chi connectivity index (χ4v) is 3.41. The van der Waals surface area contributed by atoms with Crippen LogP contribution in [0.4, 0.5) is 0 Å². The van der Waals surface area contributed by atoms with Crippen LogP contribution >= 0.6 is 0 Å². The molecule has 0 aliphatic rings. The first-order valence-corrected chi connectivity index (χ1v) is 9.23. The summed E-state index contributed by atoms with van der Waals surface area (Å²) in [5, 5.41) is 0.996. The minimum atomic E-state index is -0.353. The Morgan fingerprint density at radius 2 is 1.81 bits per heavy atom. The number of nitrogens with two attached hydrogens (primary N) is 1. The Bertz CT molecular complexity index is 866. The van der Waals surface area contributed by atoms with E-state index in [1.54, 1.807) is 0 Å². The molecule has 1 unspecified atom stereocenters. The van der Waals surface area contributed by atoms with Crippen molar-refractivity contribution in [3.8, 4) is 11.3 Å². The highest BCUT2D eigenvalue weighted by Crippen LogP contribution is 2.34. The summed E-state index contributed by atoms with van der Waals surface area (Å²) in [4.78, 5) is 14.5. The van der Waals surface area contributed by atoms with Crippen molar-refractivity contribution in [1.29, 1.82) is 0 Å². The zero-order valence-electron chi connectivity index (χ0n) is 15.4. The highest BCUT2D eigenvalue weighted by atomic mass is 16.3. The van der Waals surface area contributed by atoms with Gasteiger partial charge in [-0.25, -0.2) is 0 Å². The number of carbonyl (C=O) groups excluding carboxylic acids is 1. The highest BCUT2D eigenvalue weighted by molar-refractivity contribution is 5.91. The minimum absolute atomic E-state index is 0.303. The molecule has 2 aromatic carbocycles. The molecule has 136 valence electrons. The van der Waals surface area contributed by atoms with E-state index in [1.165, 1.54) is 0 Å². The van der Waals surface area contributed by atoms with E-state index >= 15 is 0 Å². The van der Waals surface area contributed by atoms with Gasteiger partial charge in [0, 0.05) is 16.5 Å². The van der Waals surface area contributed by atoms with E-state index in [9.17, 15) is 4.79 Å². The quantitative estimate of drug-likeness (QED) is 0.655. The third-order valence-electron chi connectivity index (χ3n) is 4.98. The third-order valence-corrected chi connectivity index (χ3v) is 4.98. The van der Waals surface area contributed by atoms with Crippen LogP contribution in [0.1, 0.15) is 31.7 Å². The van der Waals surface area contributed by atoms with Crippen LogP contribution in [0.25, 0.3) is 22.3 Å². The summed E-state index contributed by atoms with van der Waals surface area (Å²) < 4.78 is 6.15. The van der Waals surface area contributed by atoms with Crippen molar-refractivity contribution in [3.63, 3.8) is 0 Å². The summed E-state index contributed by atoms with van der Waals surface area (Å²) in [6, 6.07) is 17.9. The molecule has 26 heavy (non-hydrogen) atoms. The molecule has 2 N–H and O–H groups in total. The lowest BCUT2D eigenvalue weighted by molar-refractivity contribution is -0.119. The lowest BCUT2D eigenvalue weighted by atomic mass is 9.93. The molecule has 3 aromatic rings. The average molecular weight is 350 g/mol. The molecule has 1 heterocycles. The molecule has 0 aliphatic heterocycles. The smallest absolute Gasteiger partial charge is 0.225 e. The standard InChI is InChI=1S/C22H26N2O2/c1-3-24(4-2)14-13-19(22(23)25)18-12-8-11-17-15-20(26-21(17)18)16-9-6-5-7-10-16/h5-12,15,19H,3-4,13-14H2,1-2H3,(H2,23,25). The predicted molar refractivity (Wildman–Crippen MR) is 106 cm³/mol. The van der Waals surface area contributed by atoms with Crippen molar-refractivity contribution in [3.05, 3.63) is 60.2 Å². The molecule has 4 nitrogen and oxygen atoms in total. The molecule has 1 amide bonds. The van der Waals surface area contributed by atoms with Crippen LogP contribution in [0.3, 0.4) is 0 Å². The van der Waals surface area contributed by atoms with E-state index < -0.39 is 0 Å². The second-order valence-electron chi connectivity index (χ2n) is 6.51. The molecule has 0 aliphatic carbocycles. The summed E-state index contributed by atoms with van der Waals surface area (Å²) in [6.07, 6.45) is 0.692. The van der Waals surface area contributed by atoms with Gasteiger partial charge in [-0.05, 0) is 32.1 Å². The molecule has 0 spiro atoms. The van der Waals surface area contributed by atoms with Gasteiger partial charge in [0.05, 0.1) is 5.92 Å². The molecule has 0 saturated heterocycles. The lowest BCUT2D eigenvalue weighted by Crippen LogP contribution is -2.29. The largest absolute Gasteiger partial charge is 0.456 e. The van der Waals surface area contributed by atoms with Crippen molar-refractivity contribution in [2.45, 2.75) is 26.2 Å². The third kappa shape index (κ3) is 3.81. The fourth-order valence-electron chi connectivity index (χ4n) is 3.41. The number of hydrogen-bond donors (Lipinski definition) is 1. The Kier molecular flexibility index (Phi) is 5.74. The predicted octanol–water partition coefficient (Wildman–Crippen LogP) is 4.40. The highest BCUT2D eigenvalue weighted by Gasteiger charge is 2.23. The Morgan fingerprint density at radius 3 is 2.46 bits per heavy atom. The average Bonchev–Trinajstić information content (AvgIpc) is 3.10. The maximum Gasteiger partial charge on any atom is 0.225 e. The monoisotopic (exact) mass is 350 g/mol. The van der Waals surface area contributed by atoms with Crippen LogP contribution in [0, 0.1) is 0 Å². The zero-order valence-corrected chi connectivity index (χ0v) is 15.4. The van der Waals surface area contributed by atoms with Crippen LogP contribution in [-0.2, 0) is 4.79 Å². The summed E-state index contributed by atoms with van der Waals surface area (Å²) in [5.41, 5.74) is 8.41. The van der Waals surface area contributed by atoms with E-state index in [2.05, 4.69) is 18.7 Å². The van der Waals surface area contributed by atoms with Crippen LogP contribution in [0.2, 0.25) is 0 Å². The van der Waals surface area contributed by atoms with Crippen molar-refractivity contribution in [2.75, 3.05) is 19.6 Å². The van der Waals surface area contributed by atoms with E-state index in [1.807, 2.05) is 54.6 Å². The molecule has 3 rings (SSSR count). The number of primary amides is 1. The summed E-state index contributed by atoms with van der Waals surface area (Å²) in [7, 11) is 0. The van der Waals surface area contributed by atoms with Gasteiger partial charge in [-0.15, -0.1) is 0 Å². The first-order chi connectivity index (χ1) is 12.6. The van der Waals surface area contributed by atoms with Gasteiger partial charge >= 0.3 is 0 Å². The van der Waals surface area contributed by atoms with Crippen LogP contribution in [0.5, 0.6) is 0 Å². The van der Waals surface area contributed by atoms with Crippen LogP contribution < -0.4 is 5.73 Å². The van der Waals surface area contributed by atoms with Crippen LogP contribution in [0.15, 0.2) is 59.0 Å². The number of furan rings is 1. The van der Waals surface area contributed by atoms with Gasteiger partial charge in [-0.3, -0.25) is 4.79 Å². The van der Waals surface area contributed by atoms with Crippen molar-refractivity contribution < 1.29 is 9.21 Å². The Hall–Kier alpha value is -2.59. The van der Waals surface area contributed by atoms with Gasteiger partial charge < -0.3 is 15.1 Å². The molecule has 1 aromatic heterocycles. The van der Waals surface area contributed by atoms with Crippen molar-refractivity contribution >= 4 is 16.9 Å². The number of rotatable bonds is 8. The van der Waals surface area contributed by atoms with Gasteiger partial charge in [-0.2, -0.15) is 0 Å². The van der Waals surface area contributed by atoms with Gasteiger partial charge in [0.1, 0.15) is 11.3 Å². The van der Waals surface area contributed by atoms with Gasteiger partial charge in [0.2, 0.25) is 5.91 Å². The molecule has 0 radical (unpaired) electrons.